The van der Waals surface area contributed by atoms with Gasteiger partial charge < -0.3 is 9.90 Å². The zero-order valence-electron chi connectivity index (χ0n) is 12.3. The minimum Gasteiger partial charge on any atom is -0.543 e. The molecule has 0 unspecified atom stereocenters. The Hall–Kier alpha value is -0.850. The Morgan fingerprint density at radius 3 is 2.86 bits per heavy atom. The van der Waals surface area contributed by atoms with Crippen LogP contribution in [0.15, 0.2) is 29.8 Å². The number of nitrogens with zero attached hydrogens (tertiary/aromatic N) is 2. The zero-order valence-corrected chi connectivity index (χ0v) is 15.9. The van der Waals surface area contributed by atoms with E-state index in [2.05, 4.69) is 11.9 Å². The average Bonchev–Trinajstić information content (AvgIpc) is 3.04. The Balaban J connectivity index is 0.00000176. The number of fused-ring (bicyclic) bond motifs is 1. The van der Waals surface area contributed by atoms with E-state index < -0.39 is 5.97 Å². The quantitative estimate of drug-likeness (QED) is 0.630. The van der Waals surface area contributed by atoms with Gasteiger partial charge >= 0.3 is 29.6 Å². The molecule has 0 spiro atoms. The van der Waals surface area contributed by atoms with Crippen molar-refractivity contribution in [1.82, 2.24) is 9.55 Å². The molecule has 22 heavy (non-hydrogen) atoms. The summed E-state index contributed by atoms with van der Waals surface area (Å²) in [7, 11) is 0. The molecule has 3 rings (SSSR count). The van der Waals surface area contributed by atoms with E-state index in [1.807, 2.05) is 29.0 Å². The molecule has 0 atom stereocenters. The summed E-state index contributed by atoms with van der Waals surface area (Å²) in [6.45, 7) is 2.12. The minimum absolute atomic E-state index is 0. The molecule has 7 heteroatoms. The summed E-state index contributed by atoms with van der Waals surface area (Å²) < 4.78 is 1.89. The standard InChI is InChI=1S/C15H13ClN2O2S.Na/c1-2-3-9-7-18(13-6-10(16)4-5-11(9)13)15-17-12(8-21-15)14(19)20;/h4-8H,2-3H2,1H3,(H,19,20);/q;+1/p-1. The Kier molecular flexibility index (Phi) is 5.69. The number of hydrogen-bond donors (Lipinski definition) is 0. The fraction of sp³-hybridized carbons (Fsp3) is 0.200. The third-order valence-corrected chi connectivity index (χ3v) is 4.35. The smallest absolute Gasteiger partial charge is 0.543 e. The number of rotatable bonds is 4. The SMILES string of the molecule is CCCc1cn(-c2nc(C(=O)[O-])cs2)c2cc(Cl)ccc12.[Na+]. The van der Waals surface area contributed by atoms with Crippen molar-refractivity contribution >= 4 is 39.8 Å². The monoisotopic (exact) mass is 342 g/mol. The number of carbonyl (C=O) groups excluding carboxylic acids is 1. The maximum Gasteiger partial charge on any atom is 1.00 e. The summed E-state index contributed by atoms with van der Waals surface area (Å²) in [4.78, 5) is 15.0. The minimum atomic E-state index is -1.26. The molecule has 2 heterocycles. The summed E-state index contributed by atoms with van der Waals surface area (Å²) >= 11 is 7.36. The fourth-order valence-electron chi connectivity index (χ4n) is 2.37. The molecule has 0 radical (unpaired) electrons. The maximum absolute atomic E-state index is 10.9. The Bertz CT molecular complexity index is 828. The molecule has 0 aliphatic carbocycles. The van der Waals surface area contributed by atoms with Crippen LogP contribution in [-0.4, -0.2) is 15.5 Å². The summed E-state index contributed by atoms with van der Waals surface area (Å²) in [6, 6.07) is 5.73. The van der Waals surface area contributed by atoms with Gasteiger partial charge in [-0.25, -0.2) is 4.98 Å². The van der Waals surface area contributed by atoms with Crippen molar-refractivity contribution in [2.24, 2.45) is 0 Å². The van der Waals surface area contributed by atoms with Crippen molar-refractivity contribution in [3.05, 3.63) is 46.1 Å². The summed E-state index contributed by atoms with van der Waals surface area (Å²) in [6.07, 6.45) is 3.98. The van der Waals surface area contributed by atoms with Gasteiger partial charge in [0.15, 0.2) is 5.13 Å². The summed E-state index contributed by atoms with van der Waals surface area (Å²) in [5, 5.41) is 14.7. The molecule has 0 bridgehead atoms. The number of carboxylic acids is 1. The van der Waals surface area contributed by atoms with Gasteiger partial charge in [-0.1, -0.05) is 31.0 Å². The van der Waals surface area contributed by atoms with Gasteiger partial charge in [-0.15, -0.1) is 11.3 Å². The Labute approximate surface area is 159 Å². The van der Waals surface area contributed by atoms with Crippen LogP contribution < -0.4 is 34.7 Å². The van der Waals surface area contributed by atoms with Crippen molar-refractivity contribution in [1.29, 1.82) is 0 Å². The Morgan fingerprint density at radius 1 is 1.45 bits per heavy atom. The molecule has 108 valence electrons. The van der Waals surface area contributed by atoms with E-state index in [0.717, 1.165) is 23.7 Å². The third kappa shape index (κ3) is 3.24. The number of hydrogen-bond acceptors (Lipinski definition) is 4. The van der Waals surface area contributed by atoms with Crippen LogP contribution in [0, 0.1) is 0 Å². The van der Waals surface area contributed by atoms with E-state index in [-0.39, 0.29) is 35.3 Å². The first-order chi connectivity index (χ1) is 10.1. The molecular weight excluding hydrogens is 331 g/mol. The molecule has 0 aliphatic rings. The molecule has 4 nitrogen and oxygen atoms in total. The van der Waals surface area contributed by atoms with Crippen LogP contribution in [0.25, 0.3) is 16.0 Å². The van der Waals surface area contributed by atoms with E-state index >= 15 is 0 Å². The number of aromatic carboxylic acids is 1. The van der Waals surface area contributed by atoms with Gasteiger partial charge in [0.25, 0.3) is 0 Å². The van der Waals surface area contributed by atoms with Gasteiger partial charge in [0.2, 0.25) is 0 Å². The molecule has 0 saturated carbocycles. The fourth-order valence-corrected chi connectivity index (χ4v) is 3.31. The molecule has 0 fully saturated rings. The number of halogens is 1. The van der Waals surface area contributed by atoms with Crippen molar-refractivity contribution in [2.75, 3.05) is 0 Å². The van der Waals surface area contributed by atoms with E-state index in [1.165, 1.54) is 22.3 Å². The molecule has 0 aliphatic heterocycles. The predicted molar refractivity (Wildman–Crippen MR) is 82.3 cm³/mol. The van der Waals surface area contributed by atoms with Gasteiger partial charge in [0.1, 0.15) is 0 Å². The first-order valence-corrected chi connectivity index (χ1v) is 7.82. The van der Waals surface area contributed by atoms with Crippen LogP contribution in [0.3, 0.4) is 0 Å². The number of benzene rings is 1. The van der Waals surface area contributed by atoms with Gasteiger partial charge in [-0.05, 0) is 24.1 Å². The largest absolute Gasteiger partial charge is 1.00 e. The van der Waals surface area contributed by atoms with Crippen LogP contribution in [0.4, 0.5) is 0 Å². The van der Waals surface area contributed by atoms with Crippen LogP contribution in [0.1, 0.15) is 29.4 Å². The number of carbonyl (C=O) groups is 1. The molecule has 1 aromatic carbocycles. The summed E-state index contributed by atoms with van der Waals surface area (Å²) in [5.41, 5.74) is 2.09. The van der Waals surface area contributed by atoms with Gasteiger partial charge in [0, 0.05) is 22.0 Å². The third-order valence-electron chi connectivity index (χ3n) is 3.28. The zero-order chi connectivity index (χ0) is 15.0. The predicted octanol–water partition coefficient (Wildman–Crippen LogP) is 0.0604. The van der Waals surface area contributed by atoms with Crippen molar-refractivity contribution in [3.63, 3.8) is 0 Å². The first kappa shape index (κ1) is 17.5. The maximum atomic E-state index is 10.9. The van der Waals surface area contributed by atoms with Crippen molar-refractivity contribution in [3.8, 4) is 5.13 Å². The van der Waals surface area contributed by atoms with Gasteiger partial charge in [-0.3, -0.25) is 4.57 Å². The van der Waals surface area contributed by atoms with E-state index in [4.69, 9.17) is 11.6 Å². The average molecular weight is 343 g/mol. The number of aryl methyl sites for hydroxylation is 1. The van der Waals surface area contributed by atoms with Crippen LogP contribution in [0.5, 0.6) is 0 Å². The second kappa shape index (κ2) is 7.15. The molecule has 2 aromatic heterocycles. The number of aromatic nitrogens is 2. The summed E-state index contributed by atoms with van der Waals surface area (Å²) in [5.74, 6) is -1.26. The van der Waals surface area contributed by atoms with E-state index in [0.29, 0.717) is 10.2 Å². The molecular formula is C15H12ClN2NaO2S. The van der Waals surface area contributed by atoms with Crippen molar-refractivity contribution in [2.45, 2.75) is 19.8 Å². The van der Waals surface area contributed by atoms with E-state index in [1.54, 1.807) is 0 Å². The van der Waals surface area contributed by atoms with E-state index in [9.17, 15) is 9.90 Å². The van der Waals surface area contributed by atoms with Gasteiger partial charge in [-0.2, -0.15) is 0 Å². The van der Waals surface area contributed by atoms with Crippen LogP contribution in [-0.2, 0) is 6.42 Å². The van der Waals surface area contributed by atoms with Gasteiger partial charge in [0.05, 0.1) is 17.2 Å². The first-order valence-electron chi connectivity index (χ1n) is 6.57. The second-order valence-corrected chi connectivity index (χ2v) is 6.01. The molecule has 3 aromatic rings. The topological polar surface area (TPSA) is 58.0 Å². The van der Waals surface area contributed by atoms with Crippen molar-refractivity contribution < 1.29 is 39.5 Å². The molecule has 0 N–H and O–H groups in total. The van der Waals surface area contributed by atoms with Crippen LogP contribution >= 0.6 is 22.9 Å². The van der Waals surface area contributed by atoms with Crippen LogP contribution in [0.2, 0.25) is 5.02 Å². The Morgan fingerprint density at radius 2 is 2.23 bits per heavy atom. The number of thiazole rings is 1. The second-order valence-electron chi connectivity index (χ2n) is 4.74. The normalized spacial score (nSPS) is 10.6. The molecule has 0 saturated heterocycles. The number of carboxylic acid groups (broad SMARTS) is 1. The molecule has 0 amide bonds.